The van der Waals surface area contributed by atoms with Gasteiger partial charge in [0.05, 0.1) is 6.42 Å². The predicted molar refractivity (Wildman–Crippen MR) is 65.7 cm³/mol. The van der Waals surface area contributed by atoms with E-state index in [9.17, 15) is 4.79 Å². The van der Waals surface area contributed by atoms with E-state index in [-0.39, 0.29) is 5.91 Å². The van der Waals surface area contributed by atoms with Gasteiger partial charge >= 0.3 is 0 Å². The van der Waals surface area contributed by atoms with Crippen molar-refractivity contribution in [3.05, 3.63) is 23.8 Å². The molecule has 0 heterocycles. The monoisotopic (exact) mass is 209 g/mol. The van der Waals surface area contributed by atoms with Crippen LogP contribution in [0, 0.1) is 0 Å². The first-order chi connectivity index (χ1) is 7.19. The van der Waals surface area contributed by atoms with Crippen molar-refractivity contribution in [2.24, 2.45) is 0 Å². The van der Waals surface area contributed by atoms with Gasteiger partial charge in [0.1, 0.15) is 0 Å². The molecular weight excluding hydrogens is 186 g/mol. The summed E-state index contributed by atoms with van der Waals surface area (Å²) in [4.78, 5) is 13.7. The maximum absolute atomic E-state index is 11.8. The van der Waals surface area contributed by atoms with Crippen LogP contribution in [0.25, 0.3) is 0 Å². The van der Waals surface area contributed by atoms with Crippen molar-refractivity contribution in [1.29, 1.82) is 0 Å². The molecule has 0 aromatic heterocycles. The van der Waals surface area contributed by atoms with Gasteiger partial charge in [-0.15, -0.1) is 0 Å². The van der Waals surface area contributed by atoms with Crippen molar-refractivity contribution in [3.63, 3.8) is 0 Å². The Hall–Kier alpha value is -1.05. The minimum absolute atomic E-state index is 0.217. The lowest BCUT2D eigenvalue weighted by atomic mass is 10.1. The van der Waals surface area contributed by atoms with Gasteiger partial charge < -0.3 is 4.90 Å². The van der Waals surface area contributed by atoms with Crippen LogP contribution in [0.5, 0.6) is 0 Å². The summed E-state index contributed by atoms with van der Waals surface area (Å²) in [6, 6.07) is 0. The Balaban J connectivity index is 4.30. The van der Waals surface area contributed by atoms with Gasteiger partial charge in [-0.25, -0.2) is 0 Å². The molecule has 0 fully saturated rings. The summed E-state index contributed by atoms with van der Waals surface area (Å²) in [5, 5.41) is 0. The second-order valence-electron chi connectivity index (χ2n) is 3.42. The van der Waals surface area contributed by atoms with E-state index in [2.05, 4.69) is 13.0 Å². The zero-order valence-corrected chi connectivity index (χ0v) is 10.4. The summed E-state index contributed by atoms with van der Waals surface area (Å²) in [6.07, 6.45) is 7.67. The standard InChI is InChI=1S/C13H23NO/c1-5-9-10-12(6-2)11-13(15)14(7-3)8-4/h6,9-10H,5,7-8,11H2,1-4H3/b10-9+,12-6+. The van der Waals surface area contributed by atoms with E-state index in [1.54, 1.807) is 0 Å². The average molecular weight is 209 g/mol. The third-order valence-electron chi connectivity index (χ3n) is 2.41. The number of carbonyl (C=O) groups is 1. The van der Waals surface area contributed by atoms with Crippen molar-refractivity contribution in [3.8, 4) is 0 Å². The normalized spacial score (nSPS) is 12.1. The van der Waals surface area contributed by atoms with Crippen LogP contribution in [0.3, 0.4) is 0 Å². The zero-order chi connectivity index (χ0) is 11.7. The number of nitrogens with zero attached hydrogens (tertiary/aromatic N) is 1. The summed E-state index contributed by atoms with van der Waals surface area (Å²) >= 11 is 0. The molecule has 2 heteroatoms. The van der Waals surface area contributed by atoms with Gasteiger partial charge in [0, 0.05) is 13.1 Å². The van der Waals surface area contributed by atoms with Crippen molar-refractivity contribution in [2.75, 3.05) is 13.1 Å². The molecule has 0 bridgehead atoms. The Kier molecular flexibility index (Phi) is 7.69. The molecular formula is C13H23NO. The summed E-state index contributed by atoms with van der Waals surface area (Å²) < 4.78 is 0. The molecule has 1 amide bonds. The quantitative estimate of drug-likeness (QED) is 0.615. The van der Waals surface area contributed by atoms with Gasteiger partial charge in [-0.05, 0) is 32.8 Å². The van der Waals surface area contributed by atoms with Crippen LogP contribution < -0.4 is 0 Å². The first-order valence-corrected chi connectivity index (χ1v) is 5.78. The van der Waals surface area contributed by atoms with E-state index in [4.69, 9.17) is 0 Å². The molecule has 0 spiro atoms. The highest BCUT2D eigenvalue weighted by atomic mass is 16.2. The average Bonchev–Trinajstić information content (AvgIpc) is 2.25. The molecule has 0 aromatic carbocycles. The lowest BCUT2D eigenvalue weighted by Crippen LogP contribution is -2.30. The summed E-state index contributed by atoms with van der Waals surface area (Å²) in [6.45, 7) is 9.69. The fourth-order valence-electron chi connectivity index (χ4n) is 1.39. The minimum Gasteiger partial charge on any atom is -0.343 e. The lowest BCUT2D eigenvalue weighted by Gasteiger charge is -2.18. The molecule has 0 aromatic rings. The van der Waals surface area contributed by atoms with Gasteiger partial charge in [0.2, 0.25) is 5.91 Å². The van der Waals surface area contributed by atoms with Crippen LogP contribution in [-0.4, -0.2) is 23.9 Å². The van der Waals surface area contributed by atoms with Crippen LogP contribution >= 0.6 is 0 Å². The molecule has 0 unspecified atom stereocenters. The number of hydrogen-bond acceptors (Lipinski definition) is 1. The van der Waals surface area contributed by atoms with Crippen LogP contribution in [0.15, 0.2) is 23.8 Å². The first kappa shape index (κ1) is 13.9. The molecule has 0 N–H and O–H groups in total. The molecule has 0 aliphatic carbocycles. The highest BCUT2D eigenvalue weighted by Crippen LogP contribution is 2.07. The molecule has 0 saturated heterocycles. The summed E-state index contributed by atoms with van der Waals surface area (Å²) in [7, 11) is 0. The smallest absolute Gasteiger partial charge is 0.226 e. The third-order valence-corrected chi connectivity index (χ3v) is 2.41. The van der Waals surface area contributed by atoms with Gasteiger partial charge in [-0.1, -0.05) is 25.2 Å². The Morgan fingerprint density at radius 3 is 2.20 bits per heavy atom. The number of allylic oxidation sites excluding steroid dienone is 3. The molecule has 86 valence electrons. The second-order valence-corrected chi connectivity index (χ2v) is 3.42. The lowest BCUT2D eigenvalue weighted by molar-refractivity contribution is -0.130. The topological polar surface area (TPSA) is 20.3 Å². The van der Waals surface area contributed by atoms with E-state index in [0.29, 0.717) is 6.42 Å². The Morgan fingerprint density at radius 2 is 1.80 bits per heavy atom. The Labute approximate surface area is 93.7 Å². The van der Waals surface area contributed by atoms with E-state index >= 15 is 0 Å². The van der Waals surface area contributed by atoms with Crippen molar-refractivity contribution in [2.45, 2.75) is 40.5 Å². The summed E-state index contributed by atoms with van der Waals surface area (Å²) in [5.41, 5.74) is 1.11. The molecule has 0 aliphatic heterocycles. The Bertz CT molecular complexity index is 237. The third kappa shape index (κ3) is 5.40. The molecule has 0 atom stereocenters. The van der Waals surface area contributed by atoms with E-state index < -0.39 is 0 Å². The number of hydrogen-bond donors (Lipinski definition) is 0. The van der Waals surface area contributed by atoms with Crippen LogP contribution in [0.1, 0.15) is 40.5 Å². The first-order valence-electron chi connectivity index (χ1n) is 5.78. The SMILES string of the molecule is C/C=C(\C=C\CC)CC(=O)N(CC)CC. The number of amides is 1. The van der Waals surface area contributed by atoms with Crippen molar-refractivity contribution in [1.82, 2.24) is 4.90 Å². The maximum atomic E-state index is 11.8. The molecule has 0 aliphatic rings. The maximum Gasteiger partial charge on any atom is 0.226 e. The fraction of sp³-hybridized carbons (Fsp3) is 0.615. The summed E-state index contributed by atoms with van der Waals surface area (Å²) in [5.74, 6) is 0.217. The van der Waals surface area contributed by atoms with Gasteiger partial charge in [-0.2, -0.15) is 0 Å². The molecule has 0 rings (SSSR count). The second kappa shape index (κ2) is 8.27. The Morgan fingerprint density at radius 1 is 1.20 bits per heavy atom. The molecule has 0 saturated carbocycles. The minimum atomic E-state index is 0.217. The van der Waals surface area contributed by atoms with Crippen molar-refractivity contribution < 1.29 is 4.79 Å². The van der Waals surface area contributed by atoms with Crippen molar-refractivity contribution >= 4 is 5.91 Å². The largest absolute Gasteiger partial charge is 0.343 e. The molecule has 0 radical (unpaired) electrons. The highest BCUT2D eigenvalue weighted by molar-refractivity contribution is 5.79. The van der Waals surface area contributed by atoms with Gasteiger partial charge in [0.25, 0.3) is 0 Å². The van der Waals surface area contributed by atoms with Gasteiger partial charge in [-0.3, -0.25) is 4.79 Å². The number of rotatable bonds is 6. The van der Waals surface area contributed by atoms with Gasteiger partial charge in [0.15, 0.2) is 0 Å². The van der Waals surface area contributed by atoms with Crippen LogP contribution in [-0.2, 0) is 4.79 Å². The molecule has 15 heavy (non-hydrogen) atoms. The van der Waals surface area contributed by atoms with Crippen LogP contribution in [0.4, 0.5) is 0 Å². The molecule has 2 nitrogen and oxygen atoms in total. The predicted octanol–water partition coefficient (Wildman–Crippen LogP) is 3.16. The van der Waals surface area contributed by atoms with E-state index in [1.807, 2.05) is 37.8 Å². The fourth-order valence-corrected chi connectivity index (χ4v) is 1.39. The number of carbonyl (C=O) groups excluding carboxylic acids is 1. The highest BCUT2D eigenvalue weighted by Gasteiger charge is 2.09. The van der Waals surface area contributed by atoms with Crippen LogP contribution in [0.2, 0.25) is 0 Å². The van der Waals surface area contributed by atoms with E-state index in [1.165, 1.54) is 0 Å². The zero-order valence-electron chi connectivity index (χ0n) is 10.4. The van der Waals surface area contributed by atoms with E-state index in [0.717, 1.165) is 25.1 Å².